The number of fused-ring (bicyclic) bond motifs is 2. The molecule has 0 bridgehead atoms. The minimum atomic E-state index is 0.0658. The van der Waals surface area contributed by atoms with Crippen molar-refractivity contribution in [3.8, 4) is 5.75 Å². The van der Waals surface area contributed by atoms with Gasteiger partial charge in [-0.25, -0.2) is 4.98 Å². The molecule has 0 spiro atoms. The summed E-state index contributed by atoms with van der Waals surface area (Å²) in [6, 6.07) is 11.6. The Kier molecular flexibility index (Phi) is 4.56. The monoisotopic (exact) mass is 426 g/mol. The molecule has 8 heteroatoms. The molecule has 5 rings (SSSR count). The average molecular weight is 427 g/mol. The lowest BCUT2D eigenvalue weighted by atomic mass is 10.1. The number of amides is 1. The number of anilines is 1. The zero-order chi connectivity index (χ0) is 20.0. The number of aromatic amines is 1. The van der Waals surface area contributed by atoms with E-state index < -0.39 is 0 Å². The highest BCUT2D eigenvalue weighted by molar-refractivity contribution is 7.22. The summed E-state index contributed by atoms with van der Waals surface area (Å²) in [6.45, 7) is 2.76. The zero-order valence-corrected chi connectivity index (χ0v) is 17.4. The standard InChI is InChI=1S/C21H19ClN4O2S/c1-28-17-7-6-15(22)19-18(17)24-21(29-19)26-10-8-25(9-11-26)20(27)14-12-23-16-5-3-2-4-13(14)16/h2-7,12,23H,8-11H2,1H3. The van der Waals surface area contributed by atoms with Crippen molar-refractivity contribution in [2.24, 2.45) is 0 Å². The van der Waals surface area contributed by atoms with E-state index in [2.05, 4.69) is 9.88 Å². The molecular weight excluding hydrogens is 408 g/mol. The van der Waals surface area contributed by atoms with Gasteiger partial charge in [-0.05, 0) is 18.2 Å². The van der Waals surface area contributed by atoms with Crippen molar-refractivity contribution in [1.82, 2.24) is 14.9 Å². The van der Waals surface area contributed by atoms with Crippen molar-refractivity contribution in [2.45, 2.75) is 0 Å². The molecule has 3 heterocycles. The fourth-order valence-electron chi connectivity index (χ4n) is 3.76. The number of carbonyl (C=O) groups excluding carboxylic acids is 1. The quantitative estimate of drug-likeness (QED) is 0.527. The Balaban J connectivity index is 1.35. The first kappa shape index (κ1) is 18.3. The number of ether oxygens (including phenoxy) is 1. The number of nitrogens with one attached hydrogen (secondary N) is 1. The number of methoxy groups -OCH3 is 1. The Morgan fingerprint density at radius 2 is 1.97 bits per heavy atom. The van der Waals surface area contributed by atoms with Crippen molar-refractivity contribution >= 4 is 55.1 Å². The van der Waals surface area contributed by atoms with Crippen LogP contribution < -0.4 is 9.64 Å². The Bertz CT molecular complexity index is 1210. The normalized spacial score (nSPS) is 14.7. The molecule has 4 aromatic rings. The van der Waals surface area contributed by atoms with Gasteiger partial charge in [0, 0.05) is 43.3 Å². The zero-order valence-electron chi connectivity index (χ0n) is 15.8. The fraction of sp³-hybridized carbons (Fsp3) is 0.238. The maximum absolute atomic E-state index is 13.0. The Morgan fingerprint density at radius 1 is 1.17 bits per heavy atom. The molecule has 2 aromatic carbocycles. The summed E-state index contributed by atoms with van der Waals surface area (Å²) >= 11 is 7.91. The van der Waals surface area contributed by atoms with Crippen LogP contribution >= 0.6 is 22.9 Å². The fourth-order valence-corrected chi connectivity index (χ4v) is 5.07. The molecule has 29 heavy (non-hydrogen) atoms. The van der Waals surface area contributed by atoms with Gasteiger partial charge in [0.1, 0.15) is 11.3 Å². The van der Waals surface area contributed by atoms with E-state index in [9.17, 15) is 4.79 Å². The van der Waals surface area contributed by atoms with Crippen molar-refractivity contribution < 1.29 is 9.53 Å². The molecule has 0 saturated carbocycles. The summed E-state index contributed by atoms with van der Waals surface area (Å²) in [4.78, 5) is 25.1. The van der Waals surface area contributed by atoms with Gasteiger partial charge in [-0.2, -0.15) is 0 Å². The maximum atomic E-state index is 13.0. The number of halogens is 1. The molecule has 1 aliphatic rings. The number of thiazole rings is 1. The van der Waals surface area contributed by atoms with E-state index in [1.807, 2.05) is 41.3 Å². The lowest BCUT2D eigenvalue weighted by molar-refractivity contribution is 0.0749. The van der Waals surface area contributed by atoms with Crippen LogP contribution in [0.15, 0.2) is 42.6 Å². The van der Waals surface area contributed by atoms with Crippen molar-refractivity contribution in [1.29, 1.82) is 0 Å². The number of piperazine rings is 1. The van der Waals surface area contributed by atoms with E-state index in [1.54, 1.807) is 24.6 Å². The smallest absolute Gasteiger partial charge is 0.256 e. The van der Waals surface area contributed by atoms with Gasteiger partial charge >= 0.3 is 0 Å². The SMILES string of the molecule is COc1ccc(Cl)c2sc(N3CCN(C(=O)c4c[nH]c5ccccc45)CC3)nc12. The second-order valence-corrected chi connectivity index (χ2v) is 8.34. The molecule has 1 aliphatic heterocycles. The summed E-state index contributed by atoms with van der Waals surface area (Å²) < 4.78 is 6.35. The minimum absolute atomic E-state index is 0.0658. The number of para-hydroxylation sites is 1. The van der Waals surface area contributed by atoms with E-state index in [4.69, 9.17) is 21.3 Å². The van der Waals surface area contributed by atoms with Gasteiger partial charge in [-0.15, -0.1) is 0 Å². The Labute approximate surface area is 176 Å². The molecule has 148 valence electrons. The molecule has 0 aliphatic carbocycles. The summed E-state index contributed by atoms with van der Waals surface area (Å²) in [6.07, 6.45) is 1.81. The second kappa shape index (κ2) is 7.24. The topological polar surface area (TPSA) is 61.5 Å². The van der Waals surface area contributed by atoms with E-state index in [-0.39, 0.29) is 5.91 Å². The molecule has 1 saturated heterocycles. The third-order valence-electron chi connectivity index (χ3n) is 5.32. The van der Waals surface area contributed by atoms with Gasteiger partial charge < -0.3 is 19.5 Å². The molecular formula is C21H19ClN4O2S. The van der Waals surface area contributed by atoms with Crippen LogP contribution in [0, 0.1) is 0 Å². The number of rotatable bonds is 3. The van der Waals surface area contributed by atoms with Gasteiger partial charge in [-0.3, -0.25) is 4.79 Å². The maximum Gasteiger partial charge on any atom is 0.256 e. The van der Waals surface area contributed by atoms with Crippen LogP contribution in [0.4, 0.5) is 5.13 Å². The van der Waals surface area contributed by atoms with Crippen LogP contribution in [0.25, 0.3) is 21.1 Å². The Hall–Kier alpha value is -2.77. The van der Waals surface area contributed by atoms with Gasteiger partial charge in [-0.1, -0.05) is 41.1 Å². The highest BCUT2D eigenvalue weighted by Crippen LogP contribution is 2.38. The summed E-state index contributed by atoms with van der Waals surface area (Å²) in [5.41, 5.74) is 2.50. The van der Waals surface area contributed by atoms with E-state index in [0.717, 1.165) is 50.7 Å². The largest absolute Gasteiger partial charge is 0.494 e. The highest BCUT2D eigenvalue weighted by atomic mass is 35.5. The Morgan fingerprint density at radius 3 is 2.76 bits per heavy atom. The van der Waals surface area contributed by atoms with E-state index in [1.165, 1.54) is 0 Å². The lowest BCUT2D eigenvalue weighted by Crippen LogP contribution is -2.48. The van der Waals surface area contributed by atoms with Crippen LogP contribution in [0.5, 0.6) is 5.75 Å². The van der Waals surface area contributed by atoms with Gasteiger partial charge in [0.25, 0.3) is 5.91 Å². The van der Waals surface area contributed by atoms with Crippen LogP contribution in [0.1, 0.15) is 10.4 Å². The van der Waals surface area contributed by atoms with Crippen molar-refractivity contribution in [3.05, 3.63) is 53.2 Å². The van der Waals surface area contributed by atoms with Crippen molar-refractivity contribution in [3.63, 3.8) is 0 Å². The molecule has 1 amide bonds. The number of nitrogens with zero attached hydrogens (tertiary/aromatic N) is 3. The van der Waals surface area contributed by atoms with Gasteiger partial charge in [0.2, 0.25) is 0 Å². The molecule has 1 fully saturated rings. The second-order valence-electron chi connectivity index (χ2n) is 6.95. The van der Waals surface area contributed by atoms with E-state index in [0.29, 0.717) is 18.1 Å². The molecule has 6 nitrogen and oxygen atoms in total. The molecule has 0 radical (unpaired) electrons. The first-order valence-electron chi connectivity index (χ1n) is 9.39. The van der Waals surface area contributed by atoms with Crippen molar-refractivity contribution in [2.75, 3.05) is 38.2 Å². The number of carbonyl (C=O) groups is 1. The predicted octanol–water partition coefficient (Wildman–Crippen LogP) is 4.40. The number of aromatic nitrogens is 2. The van der Waals surface area contributed by atoms with Gasteiger partial charge in [0.05, 0.1) is 22.4 Å². The van der Waals surface area contributed by atoms with E-state index >= 15 is 0 Å². The highest BCUT2D eigenvalue weighted by Gasteiger charge is 2.26. The molecule has 0 atom stereocenters. The van der Waals surface area contributed by atoms with Crippen LogP contribution in [-0.4, -0.2) is 54.1 Å². The van der Waals surface area contributed by atoms with Crippen LogP contribution in [0.2, 0.25) is 5.02 Å². The summed E-state index contributed by atoms with van der Waals surface area (Å²) in [7, 11) is 1.64. The first-order chi connectivity index (χ1) is 14.2. The number of benzene rings is 2. The lowest BCUT2D eigenvalue weighted by Gasteiger charge is -2.34. The first-order valence-corrected chi connectivity index (χ1v) is 10.6. The summed E-state index contributed by atoms with van der Waals surface area (Å²) in [5.74, 6) is 0.788. The molecule has 0 unspecified atom stereocenters. The van der Waals surface area contributed by atoms with Gasteiger partial charge in [0.15, 0.2) is 5.13 Å². The number of hydrogen-bond acceptors (Lipinski definition) is 5. The number of H-pyrrole nitrogens is 1. The van der Waals surface area contributed by atoms with Crippen LogP contribution in [0.3, 0.4) is 0 Å². The third-order valence-corrected chi connectivity index (χ3v) is 6.90. The average Bonchev–Trinajstić information content (AvgIpc) is 3.39. The third kappa shape index (κ3) is 3.10. The summed E-state index contributed by atoms with van der Waals surface area (Å²) in [5, 5.41) is 2.55. The predicted molar refractivity (Wildman–Crippen MR) is 118 cm³/mol. The number of hydrogen-bond donors (Lipinski definition) is 1. The minimum Gasteiger partial charge on any atom is -0.494 e. The van der Waals surface area contributed by atoms with Crippen LogP contribution in [-0.2, 0) is 0 Å². The molecule has 2 aromatic heterocycles. The molecule has 1 N–H and O–H groups in total.